The third kappa shape index (κ3) is 36.6. The molecule has 1 fully saturated rings. The second-order valence-corrected chi connectivity index (χ2v) is 20.8. The predicted molar refractivity (Wildman–Crippen MR) is 280 cm³/mol. The minimum Gasteiger partial charge on any atom is -0.480 e. The molecule has 0 radical (unpaired) electrons. The summed E-state index contributed by atoms with van der Waals surface area (Å²) < 4.78 is 18.2. The van der Waals surface area contributed by atoms with Crippen LogP contribution < -0.4 is 5.32 Å². The topological polar surface area (TPSA) is 233 Å². The number of carboxylic acids is 1. The van der Waals surface area contributed by atoms with Gasteiger partial charge in [0.25, 0.3) is 0 Å². The van der Waals surface area contributed by atoms with Gasteiger partial charge in [-0.3, -0.25) is 24.1 Å². The number of ketones is 3. The highest BCUT2D eigenvalue weighted by atomic mass is 16.7. The van der Waals surface area contributed by atoms with E-state index < -0.39 is 74.7 Å². The van der Waals surface area contributed by atoms with Crippen molar-refractivity contribution >= 4 is 23.3 Å². The lowest BCUT2D eigenvalue weighted by Gasteiger charge is -2.44. The van der Waals surface area contributed by atoms with E-state index in [-0.39, 0.29) is 69.3 Å². The number of aliphatic hydroxyl groups is 5. The van der Waals surface area contributed by atoms with Crippen LogP contribution in [-0.2, 0) is 33.4 Å². The molecule has 0 bridgehead atoms. The number of ether oxygens (including phenoxy) is 3. The first-order valence-electron chi connectivity index (χ1n) is 28.8. The maximum Gasteiger partial charge on any atom is 0.317 e. The molecule has 1 rings (SSSR count). The van der Waals surface area contributed by atoms with Crippen molar-refractivity contribution in [3.63, 3.8) is 0 Å². The van der Waals surface area contributed by atoms with Gasteiger partial charge in [0.1, 0.15) is 36.5 Å². The largest absolute Gasteiger partial charge is 0.480 e. The van der Waals surface area contributed by atoms with Crippen molar-refractivity contribution in [3.8, 4) is 0 Å². The number of aliphatic hydroxyl groups excluding tert-OH is 5. The lowest BCUT2D eigenvalue weighted by atomic mass is 9.96. The maximum absolute atomic E-state index is 13.2. The van der Waals surface area contributed by atoms with Gasteiger partial charge < -0.3 is 50.2 Å². The van der Waals surface area contributed by atoms with Gasteiger partial charge in [-0.25, -0.2) is 0 Å². The van der Waals surface area contributed by atoms with Gasteiger partial charge in [-0.2, -0.15) is 0 Å². The molecule has 0 unspecified atom stereocenters. The Balaban J connectivity index is 2.88. The van der Waals surface area contributed by atoms with Crippen LogP contribution in [0.2, 0.25) is 0 Å². The number of carbonyl (C=O) groups excluding carboxylic acids is 3. The minimum atomic E-state index is -1.43. The molecule has 71 heavy (non-hydrogen) atoms. The van der Waals surface area contributed by atoms with Crippen molar-refractivity contribution in [2.75, 3.05) is 46.0 Å². The highest BCUT2D eigenvalue weighted by molar-refractivity contribution is 5.82. The van der Waals surface area contributed by atoms with Crippen LogP contribution in [0.25, 0.3) is 0 Å². The molecule has 0 aromatic rings. The third-order valence-electron chi connectivity index (χ3n) is 13.8. The van der Waals surface area contributed by atoms with Crippen LogP contribution in [-0.4, -0.2) is 154 Å². The Morgan fingerprint density at radius 2 is 0.958 bits per heavy atom. The first-order chi connectivity index (χ1) is 34.3. The van der Waals surface area contributed by atoms with Crippen LogP contribution in [0.4, 0.5) is 0 Å². The van der Waals surface area contributed by atoms with Gasteiger partial charge in [-0.05, 0) is 25.7 Å². The summed E-state index contributed by atoms with van der Waals surface area (Å²) in [6.45, 7) is 4.92. The van der Waals surface area contributed by atoms with E-state index in [2.05, 4.69) is 26.1 Å². The standard InChI is InChI=1S/C56H106N2O13/c1-4-7-10-13-16-19-22-25-28-32-45(60)37-48(63)40-57-53-55(70-44-50(65)39-47(62)34-30-27-24-21-18-15-12-9-6-3)54(68)51(43-59)71-56(53)69-36-31-35-58(42-52(66)67)41-49(64)38-46(61)33-29-26-23-20-17-14-11-8-5-2/h45-47,51,53-57,59-62,68H,4-44H2,1-3H3,(H,66,67)/t45-,46-,47-,51-,53-,54-,55-,56-/m1/s1. The molecule has 0 spiro atoms. The Kier molecular flexibility index (Phi) is 43.0. The number of aliphatic carboxylic acids is 1. The van der Waals surface area contributed by atoms with E-state index in [1.54, 1.807) is 0 Å². The number of unbranched alkanes of at least 4 members (excludes halogenated alkanes) is 24. The molecule has 15 heteroatoms. The second kappa shape index (κ2) is 45.5. The van der Waals surface area contributed by atoms with Crippen LogP contribution >= 0.6 is 0 Å². The van der Waals surface area contributed by atoms with Crippen molar-refractivity contribution < 1.29 is 64.0 Å². The fourth-order valence-corrected chi connectivity index (χ4v) is 9.55. The Morgan fingerprint density at radius 1 is 0.549 bits per heavy atom. The molecule has 418 valence electrons. The Morgan fingerprint density at radius 3 is 1.38 bits per heavy atom. The van der Waals surface area contributed by atoms with Gasteiger partial charge in [0.15, 0.2) is 12.1 Å². The summed E-state index contributed by atoms with van der Waals surface area (Å²) in [6, 6.07) is -1.02. The summed E-state index contributed by atoms with van der Waals surface area (Å²) in [7, 11) is 0. The smallest absolute Gasteiger partial charge is 0.317 e. The summed E-state index contributed by atoms with van der Waals surface area (Å²) in [5.41, 5.74) is 0. The molecule has 1 heterocycles. The second-order valence-electron chi connectivity index (χ2n) is 20.8. The van der Waals surface area contributed by atoms with E-state index in [1.807, 2.05) is 0 Å². The average molecular weight is 1020 g/mol. The summed E-state index contributed by atoms with van der Waals surface area (Å²) in [5.74, 6) is -2.03. The van der Waals surface area contributed by atoms with E-state index >= 15 is 0 Å². The third-order valence-corrected chi connectivity index (χ3v) is 13.8. The number of carbonyl (C=O) groups is 4. The number of hydrogen-bond donors (Lipinski definition) is 7. The van der Waals surface area contributed by atoms with E-state index in [0.29, 0.717) is 19.3 Å². The molecule has 1 aliphatic rings. The molecule has 0 aromatic carbocycles. The number of Topliss-reactive ketones (excluding diaryl/α,β-unsaturated/α-hetero) is 3. The van der Waals surface area contributed by atoms with Crippen LogP contribution in [0.15, 0.2) is 0 Å². The van der Waals surface area contributed by atoms with E-state index in [1.165, 1.54) is 108 Å². The average Bonchev–Trinajstić information content (AvgIpc) is 3.32. The molecule has 0 aromatic heterocycles. The molecular weight excluding hydrogens is 909 g/mol. The van der Waals surface area contributed by atoms with E-state index in [4.69, 9.17) is 14.2 Å². The molecular formula is C56H106N2O13. The van der Waals surface area contributed by atoms with Gasteiger partial charge in [-0.1, -0.05) is 194 Å². The first-order valence-corrected chi connectivity index (χ1v) is 28.8. The number of hydrogen-bond acceptors (Lipinski definition) is 14. The molecule has 0 saturated carbocycles. The van der Waals surface area contributed by atoms with Gasteiger partial charge >= 0.3 is 5.97 Å². The molecule has 1 saturated heterocycles. The Labute approximate surface area is 430 Å². The number of nitrogens with one attached hydrogen (secondary N) is 1. The van der Waals surface area contributed by atoms with Crippen LogP contribution in [0.5, 0.6) is 0 Å². The lowest BCUT2D eigenvalue weighted by Crippen LogP contribution is -2.65. The Hall–Kier alpha value is -1.92. The molecule has 7 N–H and O–H groups in total. The fraction of sp³-hybridized carbons (Fsp3) is 0.929. The predicted octanol–water partition coefficient (Wildman–Crippen LogP) is 8.92. The molecule has 1 aliphatic heterocycles. The highest BCUT2D eigenvalue weighted by Gasteiger charge is 2.46. The van der Waals surface area contributed by atoms with Crippen LogP contribution in [0.3, 0.4) is 0 Å². The summed E-state index contributed by atoms with van der Waals surface area (Å²) in [4.78, 5) is 52.6. The molecule has 0 aliphatic carbocycles. The van der Waals surface area contributed by atoms with E-state index in [0.717, 1.165) is 70.6 Å². The van der Waals surface area contributed by atoms with Gasteiger partial charge in [-0.15, -0.1) is 0 Å². The summed E-state index contributed by atoms with van der Waals surface area (Å²) in [5, 5.41) is 66.3. The lowest BCUT2D eigenvalue weighted by molar-refractivity contribution is -0.277. The van der Waals surface area contributed by atoms with Crippen molar-refractivity contribution in [1.82, 2.24) is 10.2 Å². The van der Waals surface area contributed by atoms with Crippen molar-refractivity contribution in [1.29, 1.82) is 0 Å². The van der Waals surface area contributed by atoms with Crippen LogP contribution in [0, 0.1) is 0 Å². The monoisotopic (exact) mass is 1010 g/mol. The SMILES string of the molecule is CCCCCCCCCCC[C@@H](O)CC(=O)CN[C@H]1[C@H](OCCCN(CC(=O)O)CC(=O)C[C@H](O)CCCCCCCCCCC)O[C@H](CO)[C@@H](O)[C@@H]1OCC(=O)C[C@H](O)CCCCCCCCCCC. The number of nitrogens with zero attached hydrogens (tertiary/aromatic N) is 1. The number of carboxylic acid groups (broad SMARTS) is 1. The zero-order valence-electron chi connectivity index (χ0n) is 45.1. The fourth-order valence-electron chi connectivity index (χ4n) is 9.55. The maximum atomic E-state index is 13.2. The van der Waals surface area contributed by atoms with Crippen molar-refractivity contribution in [2.45, 2.75) is 288 Å². The normalized spacial score (nSPS) is 19.5. The van der Waals surface area contributed by atoms with Crippen LogP contribution in [0.1, 0.15) is 239 Å². The number of rotatable bonds is 52. The van der Waals surface area contributed by atoms with Gasteiger partial charge in [0.2, 0.25) is 0 Å². The molecule has 8 atom stereocenters. The molecule has 0 amide bonds. The minimum absolute atomic E-state index is 0.00920. The zero-order chi connectivity index (χ0) is 52.3. The highest BCUT2D eigenvalue weighted by Crippen LogP contribution is 2.26. The van der Waals surface area contributed by atoms with E-state index in [9.17, 15) is 49.8 Å². The van der Waals surface area contributed by atoms with Crippen molar-refractivity contribution in [2.24, 2.45) is 0 Å². The Bertz CT molecular complexity index is 1310. The van der Waals surface area contributed by atoms with Gasteiger partial charge in [0.05, 0.1) is 57.2 Å². The molecule has 15 nitrogen and oxygen atoms in total. The summed E-state index contributed by atoms with van der Waals surface area (Å²) >= 11 is 0. The van der Waals surface area contributed by atoms with Crippen molar-refractivity contribution in [3.05, 3.63) is 0 Å². The quantitative estimate of drug-likeness (QED) is 0.0282. The summed E-state index contributed by atoms with van der Waals surface area (Å²) in [6.07, 6.45) is 24.9. The van der Waals surface area contributed by atoms with Gasteiger partial charge in [0, 0.05) is 25.8 Å². The zero-order valence-corrected chi connectivity index (χ0v) is 45.1. The first kappa shape index (κ1) is 67.1.